The lowest BCUT2D eigenvalue weighted by Crippen LogP contribution is -2.40. The van der Waals surface area contributed by atoms with Gasteiger partial charge in [-0.3, -0.25) is 4.68 Å². The fraction of sp³-hybridized carbons (Fsp3) is 0.786. The molecule has 0 aliphatic carbocycles. The predicted octanol–water partition coefficient (Wildman–Crippen LogP) is 1.14. The van der Waals surface area contributed by atoms with Gasteiger partial charge >= 0.3 is 0 Å². The van der Waals surface area contributed by atoms with Gasteiger partial charge in [0, 0.05) is 25.7 Å². The Morgan fingerprint density at radius 2 is 1.90 bits per heavy atom. The Morgan fingerprint density at radius 1 is 1.24 bits per heavy atom. The Labute approximate surface area is 127 Å². The first-order chi connectivity index (χ1) is 9.80. The molecular formula is C14H26N4O2S. The van der Waals surface area contributed by atoms with Crippen molar-refractivity contribution in [1.29, 1.82) is 0 Å². The van der Waals surface area contributed by atoms with E-state index in [1.165, 1.54) is 0 Å². The number of likely N-dealkylation sites (N-methyl/N-ethyl adjacent to an activating group) is 1. The summed E-state index contributed by atoms with van der Waals surface area (Å²) in [5, 5.41) is 4.31. The molecule has 2 heterocycles. The molecule has 2 rings (SSSR count). The van der Waals surface area contributed by atoms with Gasteiger partial charge in [0.2, 0.25) is 10.0 Å². The molecule has 0 aromatic carbocycles. The molecule has 0 amide bonds. The highest BCUT2D eigenvalue weighted by Gasteiger charge is 2.34. The van der Waals surface area contributed by atoms with E-state index in [9.17, 15) is 8.42 Å². The summed E-state index contributed by atoms with van der Waals surface area (Å²) in [4.78, 5) is 2.61. The Balaban J connectivity index is 2.25. The van der Waals surface area contributed by atoms with E-state index in [0.717, 1.165) is 19.6 Å². The summed E-state index contributed by atoms with van der Waals surface area (Å²) in [5.41, 5.74) is 1.28. The molecule has 1 aromatic heterocycles. The van der Waals surface area contributed by atoms with Crippen molar-refractivity contribution < 1.29 is 8.42 Å². The van der Waals surface area contributed by atoms with Crippen molar-refractivity contribution in [2.75, 3.05) is 19.6 Å². The van der Waals surface area contributed by atoms with E-state index in [2.05, 4.69) is 28.6 Å². The number of aryl methyl sites for hydroxylation is 2. The van der Waals surface area contributed by atoms with Crippen LogP contribution >= 0.6 is 0 Å². The van der Waals surface area contributed by atoms with Crippen LogP contribution in [0.2, 0.25) is 0 Å². The Morgan fingerprint density at radius 3 is 2.38 bits per heavy atom. The molecule has 0 spiro atoms. The predicted molar refractivity (Wildman–Crippen MR) is 82.8 cm³/mol. The summed E-state index contributed by atoms with van der Waals surface area (Å²) in [5.74, 6) is 0.321. The summed E-state index contributed by atoms with van der Waals surface area (Å²) in [6.45, 7) is 13.1. The SMILES string of the molecule is CCN1C[C@@H](C)[C@@H](NS(=O)(=O)c2c(C)nn(CC)c2C)C1. The summed E-state index contributed by atoms with van der Waals surface area (Å²) in [6.07, 6.45) is 0. The van der Waals surface area contributed by atoms with Crippen molar-refractivity contribution >= 4 is 10.0 Å². The molecule has 1 N–H and O–H groups in total. The van der Waals surface area contributed by atoms with E-state index < -0.39 is 10.0 Å². The first kappa shape index (κ1) is 16.5. The Kier molecular flexibility index (Phi) is 4.75. The van der Waals surface area contributed by atoms with Gasteiger partial charge in [0.1, 0.15) is 4.90 Å². The van der Waals surface area contributed by atoms with Crippen molar-refractivity contribution in [3.63, 3.8) is 0 Å². The van der Waals surface area contributed by atoms with Gasteiger partial charge in [-0.25, -0.2) is 13.1 Å². The second kappa shape index (κ2) is 6.06. The molecule has 1 aliphatic heterocycles. The van der Waals surface area contributed by atoms with Gasteiger partial charge in [-0.2, -0.15) is 5.10 Å². The maximum atomic E-state index is 12.7. The zero-order valence-corrected chi connectivity index (χ0v) is 14.4. The van der Waals surface area contributed by atoms with Gasteiger partial charge < -0.3 is 4.90 Å². The molecule has 0 unspecified atom stereocenters. The molecule has 1 saturated heterocycles. The summed E-state index contributed by atoms with van der Waals surface area (Å²) >= 11 is 0. The van der Waals surface area contributed by atoms with E-state index in [1.807, 2.05) is 13.8 Å². The number of likely N-dealkylation sites (tertiary alicyclic amines) is 1. The van der Waals surface area contributed by atoms with E-state index in [4.69, 9.17) is 0 Å². The maximum Gasteiger partial charge on any atom is 0.244 e. The van der Waals surface area contributed by atoms with Gasteiger partial charge in [0.25, 0.3) is 0 Å². The fourth-order valence-electron chi connectivity index (χ4n) is 3.11. The highest BCUT2D eigenvalue weighted by Crippen LogP contribution is 2.23. The van der Waals surface area contributed by atoms with Crippen LogP contribution in [0.15, 0.2) is 4.90 Å². The average molecular weight is 314 g/mol. The number of nitrogens with one attached hydrogen (secondary N) is 1. The molecule has 120 valence electrons. The minimum absolute atomic E-state index is 0.0290. The quantitative estimate of drug-likeness (QED) is 0.885. The van der Waals surface area contributed by atoms with Crippen LogP contribution in [-0.4, -0.2) is 48.8 Å². The third-order valence-corrected chi connectivity index (χ3v) is 6.07. The van der Waals surface area contributed by atoms with Crippen LogP contribution in [0, 0.1) is 19.8 Å². The Bertz CT molecular complexity index is 609. The molecule has 1 aliphatic rings. The number of sulfonamides is 1. The normalized spacial score (nSPS) is 23.9. The van der Waals surface area contributed by atoms with Crippen LogP contribution in [0.25, 0.3) is 0 Å². The second-order valence-electron chi connectivity index (χ2n) is 5.87. The molecule has 0 saturated carbocycles. The number of rotatable bonds is 5. The lowest BCUT2D eigenvalue weighted by Gasteiger charge is -2.17. The first-order valence-corrected chi connectivity index (χ1v) is 9.07. The molecule has 21 heavy (non-hydrogen) atoms. The van der Waals surface area contributed by atoms with Gasteiger partial charge in [0.15, 0.2) is 0 Å². The molecule has 1 aromatic rings. The smallest absolute Gasteiger partial charge is 0.244 e. The van der Waals surface area contributed by atoms with Crippen LogP contribution in [-0.2, 0) is 16.6 Å². The van der Waals surface area contributed by atoms with Crippen molar-refractivity contribution in [2.24, 2.45) is 5.92 Å². The first-order valence-electron chi connectivity index (χ1n) is 7.58. The standard InChI is InChI=1S/C14H26N4O2S/c1-6-17-8-10(3)13(9-17)16-21(19,20)14-11(4)15-18(7-2)12(14)5/h10,13,16H,6-9H2,1-5H3/t10-,13+/m1/s1. The summed E-state index contributed by atoms with van der Waals surface area (Å²) < 4.78 is 30.1. The highest BCUT2D eigenvalue weighted by molar-refractivity contribution is 7.89. The van der Waals surface area contributed by atoms with E-state index >= 15 is 0 Å². The Hall–Kier alpha value is -0.920. The minimum atomic E-state index is -3.52. The van der Waals surface area contributed by atoms with Crippen molar-refractivity contribution in [3.05, 3.63) is 11.4 Å². The highest BCUT2D eigenvalue weighted by atomic mass is 32.2. The molecular weight excluding hydrogens is 288 g/mol. The average Bonchev–Trinajstić information content (AvgIpc) is 2.89. The van der Waals surface area contributed by atoms with Crippen LogP contribution in [0.4, 0.5) is 0 Å². The van der Waals surface area contributed by atoms with Gasteiger partial charge in [-0.1, -0.05) is 13.8 Å². The lowest BCUT2D eigenvalue weighted by molar-refractivity contribution is 0.344. The number of hydrogen-bond donors (Lipinski definition) is 1. The monoisotopic (exact) mass is 314 g/mol. The minimum Gasteiger partial charge on any atom is -0.302 e. The number of nitrogens with zero attached hydrogens (tertiary/aromatic N) is 3. The summed E-state index contributed by atoms with van der Waals surface area (Å²) in [7, 11) is -3.52. The zero-order valence-electron chi connectivity index (χ0n) is 13.5. The molecule has 2 atom stereocenters. The molecule has 0 bridgehead atoms. The van der Waals surface area contributed by atoms with Crippen molar-refractivity contribution in [2.45, 2.75) is 52.1 Å². The molecule has 1 fully saturated rings. The van der Waals surface area contributed by atoms with Gasteiger partial charge in [-0.05, 0) is 33.2 Å². The molecule has 6 nitrogen and oxygen atoms in total. The van der Waals surface area contributed by atoms with E-state index in [-0.39, 0.29) is 6.04 Å². The van der Waals surface area contributed by atoms with E-state index in [0.29, 0.717) is 28.7 Å². The number of aromatic nitrogens is 2. The van der Waals surface area contributed by atoms with E-state index in [1.54, 1.807) is 11.6 Å². The topological polar surface area (TPSA) is 67.2 Å². The van der Waals surface area contributed by atoms with Gasteiger partial charge in [0.05, 0.1) is 11.4 Å². The number of hydrogen-bond acceptors (Lipinski definition) is 4. The van der Waals surface area contributed by atoms with Crippen LogP contribution < -0.4 is 4.72 Å². The fourth-order valence-corrected chi connectivity index (χ4v) is 4.86. The van der Waals surface area contributed by atoms with Crippen LogP contribution in [0.3, 0.4) is 0 Å². The lowest BCUT2D eigenvalue weighted by atomic mass is 10.1. The summed E-state index contributed by atoms with van der Waals surface area (Å²) in [6, 6.07) is -0.0290. The molecule has 7 heteroatoms. The van der Waals surface area contributed by atoms with Crippen molar-refractivity contribution in [1.82, 2.24) is 19.4 Å². The largest absolute Gasteiger partial charge is 0.302 e. The van der Waals surface area contributed by atoms with Crippen LogP contribution in [0.5, 0.6) is 0 Å². The zero-order chi connectivity index (χ0) is 15.8. The second-order valence-corrected chi connectivity index (χ2v) is 7.52. The maximum absolute atomic E-state index is 12.7. The molecule has 0 radical (unpaired) electrons. The van der Waals surface area contributed by atoms with Crippen molar-refractivity contribution in [3.8, 4) is 0 Å². The van der Waals surface area contributed by atoms with Crippen LogP contribution in [0.1, 0.15) is 32.2 Å². The third kappa shape index (κ3) is 3.14. The third-order valence-electron chi connectivity index (χ3n) is 4.33. The van der Waals surface area contributed by atoms with Gasteiger partial charge in [-0.15, -0.1) is 0 Å².